The molecule has 10 heteroatoms. The van der Waals surface area contributed by atoms with E-state index < -0.39 is 47.1 Å². The highest BCUT2D eigenvalue weighted by Gasteiger charge is 2.59. The maximum atomic E-state index is 13.1. The van der Waals surface area contributed by atoms with Gasteiger partial charge < -0.3 is 14.2 Å². The summed E-state index contributed by atoms with van der Waals surface area (Å²) >= 11 is 6.28. The highest BCUT2D eigenvalue weighted by Crippen LogP contribution is 2.41. The Balaban J connectivity index is 1.57. The summed E-state index contributed by atoms with van der Waals surface area (Å²) in [7, 11) is 0. The van der Waals surface area contributed by atoms with Gasteiger partial charge in [0.2, 0.25) is 11.4 Å². The quantitative estimate of drug-likeness (QED) is 0.142. The average molecular weight is 477 g/mol. The largest absolute Gasteiger partial charge is 0.459 e. The number of alkyl halides is 1. The van der Waals surface area contributed by atoms with E-state index in [0.29, 0.717) is 19.4 Å². The number of carbonyl (C=O) groups is 4. The number of β-lactam (4-membered cyclic amide) rings is 1. The van der Waals surface area contributed by atoms with Crippen molar-refractivity contribution in [3.05, 3.63) is 48.0 Å². The average Bonchev–Trinajstić information content (AvgIpc) is 3.26. The summed E-state index contributed by atoms with van der Waals surface area (Å²) in [6.45, 7) is 7.37. The van der Waals surface area contributed by atoms with Crippen molar-refractivity contribution >= 4 is 35.3 Å². The summed E-state index contributed by atoms with van der Waals surface area (Å²) in [5.74, 6) is -3.81. The van der Waals surface area contributed by atoms with E-state index in [-0.39, 0.29) is 23.8 Å². The Morgan fingerprint density at radius 1 is 1.24 bits per heavy atom. The number of esters is 1. The molecule has 1 aromatic carbocycles. The second kappa shape index (κ2) is 8.89. The Bertz CT molecular complexity index is 975. The van der Waals surface area contributed by atoms with Crippen molar-refractivity contribution in [1.82, 2.24) is 9.80 Å². The number of fused-ring (bicyclic) bond motifs is 1. The van der Waals surface area contributed by atoms with Crippen molar-refractivity contribution < 1.29 is 33.4 Å². The zero-order chi connectivity index (χ0) is 23.9. The van der Waals surface area contributed by atoms with Crippen LogP contribution in [0, 0.1) is 5.92 Å². The molecule has 1 aromatic rings. The number of amides is 3. The first kappa shape index (κ1) is 23.4. The van der Waals surface area contributed by atoms with Gasteiger partial charge in [-0.25, -0.2) is 4.79 Å². The number of halogens is 1. The number of nitrogens with zero attached hydrogens (tertiary/aromatic N) is 2. The van der Waals surface area contributed by atoms with Crippen molar-refractivity contribution in [3.8, 4) is 0 Å². The van der Waals surface area contributed by atoms with E-state index in [9.17, 15) is 19.2 Å². The molecule has 3 heterocycles. The lowest BCUT2D eigenvalue weighted by molar-refractivity contribution is -0.175. The second-order valence-corrected chi connectivity index (χ2v) is 8.99. The molecule has 0 aromatic heterocycles. The van der Waals surface area contributed by atoms with E-state index in [0.717, 1.165) is 9.80 Å². The molecule has 0 aliphatic carbocycles. The van der Waals surface area contributed by atoms with Crippen molar-refractivity contribution in [2.24, 2.45) is 5.92 Å². The van der Waals surface area contributed by atoms with E-state index in [1.54, 1.807) is 38.1 Å². The number of imide groups is 1. The number of carbonyl (C=O) groups excluding carboxylic acids is 4. The van der Waals surface area contributed by atoms with Crippen LogP contribution in [0.5, 0.6) is 0 Å². The molecule has 9 nitrogen and oxygen atoms in total. The van der Waals surface area contributed by atoms with Gasteiger partial charge in [0.05, 0.1) is 29.8 Å². The minimum Gasteiger partial charge on any atom is -0.459 e. The second-order valence-electron chi connectivity index (χ2n) is 8.57. The molecule has 2 fully saturated rings. The fourth-order valence-electron chi connectivity index (χ4n) is 4.43. The number of hydrogen-bond donors (Lipinski definition) is 0. The van der Waals surface area contributed by atoms with Gasteiger partial charge in [0.1, 0.15) is 12.8 Å². The van der Waals surface area contributed by atoms with E-state index in [1.165, 1.54) is 6.08 Å². The topological polar surface area (TPSA) is 102 Å². The molecule has 33 heavy (non-hydrogen) atoms. The van der Waals surface area contributed by atoms with Crippen molar-refractivity contribution in [1.29, 1.82) is 0 Å². The lowest BCUT2D eigenvalue weighted by Crippen LogP contribution is -2.71. The Labute approximate surface area is 196 Å². The Morgan fingerprint density at radius 3 is 2.42 bits per heavy atom. The summed E-state index contributed by atoms with van der Waals surface area (Å²) in [4.78, 5) is 53.7. The predicted molar refractivity (Wildman–Crippen MR) is 116 cm³/mol. The molecule has 176 valence electrons. The van der Waals surface area contributed by atoms with Crippen LogP contribution in [0.1, 0.15) is 47.4 Å². The highest BCUT2D eigenvalue weighted by molar-refractivity contribution is 6.31. The molecule has 0 spiro atoms. The number of rotatable bonds is 8. The van der Waals surface area contributed by atoms with Crippen LogP contribution >= 0.6 is 11.6 Å². The van der Waals surface area contributed by atoms with Gasteiger partial charge in [0.15, 0.2) is 5.79 Å². The van der Waals surface area contributed by atoms with Crippen LogP contribution in [0.25, 0.3) is 0 Å². The normalized spacial score (nSPS) is 26.8. The molecule has 4 atom stereocenters. The van der Waals surface area contributed by atoms with Crippen LogP contribution in [-0.4, -0.2) is 70.3 Å². The summed E-state index contributed by atoms with van der Waals surface area (Å²) in [6, 6.07) is 6.42. The summed E-state index contributed by atoms with van der Waals surface area (Å²) in [6.07, 6.45) is 0.923. The van der Waals surface area contributed by atoms with E-state index in [4.69, 9.17) is 25.8 Å². The van der Waals surface area contributed by atoms with Crippen LogP contribution in [-0.2, 0) is 23.8 Å². The van der Waals surface area contributed by atoms with Crippen LogP contribution in [0.2, 0.25) is 0 Å². The minimum atomic E-state index is -1.49. The molecule has 0 saturated carbocycles. The Kier molecular flexibility index (Phi) is 6.30. The van der Waals surface area contributed by atoms with Crippen LogP contribution in [0.15, 0.2) is 36.9 Å². The molecule has 2 saturated heterocycles. The lowest BCUT2D eigenvalue weighted by Gasteiger charge is -2.51. The third kappa shape index (κ3) is 4.16. The van der Waals surface area contributed by atoms with Crippen LogP contribution < -0.4 is 0 Å². The molecule has 0 unspecified atom stereocenters. The van der Waals surface area contributed by atoms with E-state index in [1.807, 2.05) is 0 Å². The predicted octanol–water partition coefficient (Wildman–Crippen LogP) is 2.29. The van der Waals surface area contributed by atoms with E-state index in [2.05, 4.69) is 6.58 Å². The number of benzene rings is 1. The molecule has 0 N–H and O–H groups in total. The van der Waals surface area contributed by atoms with Crippen molar-refractivity contribution in [2.75, 3.05) is 13.2 Å². The number of likely N-dealkylation sites (tertiary alicyclic amines) is 1. The van der Waals surface area contributed by atoms with Crippen molar-refractivity contribution in [3.63, 3.8) is 0 Å². The fourth-order valence-corrected chi connectivity index (χ4v) is 4.70. The first-order valence-corrected chi connectivity index (χ1v) is 11.1. The lowest BCUT2D eigenvalue weighted by atomic mass is 9.86. The maximum absolute atomic E-state index is 13.1. The number of hydrogen-bond acceptors (Lipinski definition) is 7. The molecule has 3 amide bonds. The highest BCUT2D eigenvalue weighted by atomic mass is 35.5. The van der Waals surface area contributed by atoms with Crippen molar-refractivity contribution in [2.45, 2.75) is 50.2 Å². The third-order valence-corrected chi connectivity index (χ3v) is 6.34. The summed E-state index contributed by atoms with van der Waals surface area (Å²) < 4.78 is 16.4. The Hall–Kier alpha value is -2.75. The van der Waals surface area contributed by atoms with Gasteiger partial charge in [0, 0.05) is 0 Å². The smallest absolute Gasteiger partial charge is 0.345 e. The first-order chi connectivity index (χ1) is 15.7. The van der Waals surface area contributed by atoms with Gasteiger partial charge in [-0.15, -0.1) is 0 Å². The number of ether oxygens (including phenoxy) is 3. The maximum Gasteiger partial charge on any atom is 0.345 e. The monoisotopic (exact) mass is 476 g/mol. The summed E-state index contributed by atoms with van der Waals surface area (Å²) in [5, 5.41) is 0. The SMILES string of the molecule is C=CCOC(=O)[C@H](Cl)N1C(=O)[C@@H](CC[C@@H]2COC(C)(C)O2)[C@@H]1N1C(=O)c2ccccc2C1=O. The third-order valence-electron chi connectivity index (χ3n) is 5.96. The van der Waals surface area contributed by atoms with E-state index >= 15 is 0 Å². The van der Waals surface area contributed by atoms with Crippen LogP contribution in [0.3, 0.4) is 0 Å². The molecule has 0 radical (unpaired) electrons. The van der Waals surface area contributed by atoms with Crippen LogP contribution in [0.4, 0.5) is 0 Å². The molecule has 3 aliphatic rings. The molecular formula is C23H25ClN2O7. The Morgan fingerprint density at radius 2 is 1.88 bits per heavy atom. The fraction of sp³-hybridized carbons (Fsp3) is 0.478. The summed E-state index contributed by atoms with van der Waals surface area (Å²) in [5.41, 5.74) is -1.00. The van der Waals surface area contributed by atoms with Gasteiger partial charge in [-0.1, -0.05) is 36.4 Å². The van der Waals surface area contributed by atoms with Gasteiger partial charge in [0.25, 0.3) is 11.8 Å². The zero-order valence-electron chi connectivity index (χ0n) is 18.4. The molecular weight excluding hydrogens is 452 g/mol. The van der Waals surface area contributed by atoms with Gasteiger partial charge >= 0.3 is 5.97 Å². The minimum absolute atomic E-state index is 0.0833. The molecule has 0 bridgehead atoms. The van der Waals surface area contributed by atoms with Gasteiger partial charge in [-0.3, -0.25) is 24.2 Å². The molecule has 4 rings (SSSR count). The van der Waals surface area contributed by atoms with Gasteiger partial charge in [-0.2, -0.15) is 0 Å². The first-order valence-electron chi connectivity index (χ1n) is 10.7. The van der Waals surface area contributed by atoms with Gasteiger partial charge in [-0.05, 0) is 38.8 Å². The molecule has 3 aliphatic heterocycles. The standard InChI is InChI=1S/C23H25ClN2O7/c1-4-11-31-22(30)17(24)25-18(26-19(27)14-7-5-6-8-15(14)20(26)28)16(21(25)29)10-9-13-12-32-23(2,3)33-13/h4-8,13,16-18H,1,9-12H2,2-3H3/t13-,16+,17-,18+/m1/s1. The zero-order valence-corrected chi connectivity index (χ0v) is 19.1.